The van der Waals surface area contributed by atoms with Crippen molar-refractivity contribution in [3.05, 3.63) is 69.2 Å². The Morgan fingerprint density at radius 2 is 1.87 bits per heavy atom. The van der Waals surface area contributed by atoms with Crippen LogP contribution in [0.25, 0.3) is 0 Å². The van der Waals surface area contributed by atoms with Gasteiger partial charge in [0.05, 0.1) is 5.75 Å². The van der Waals surface area contributed by atoms with Crippen LogP contribution in [0.15, 0.2) is 42.5 Å². The number of amides is 2. The van der Waals surface area contributed by atoms with Crippen molar-refractivity contribution >= 4 is 46.8 Å². The van der Waals surface area contributed by atoms with Crippen molar-refractivity contribution in [2.24, 2.45) is 0 Å². The Morgan fingerprint density at radius 3 is 2.48 bits per heavy atom. The van der Waals surface area contributed by atoms with Crippen LogP contribution in [0.2, 0.25) is 10.0 Å². The second kappa shape index (κ2) is 12.4. The van der Waals surface area contributed by atoms with E-state index in [0.29, 0.717) is 16.5 Å². The molecule has 0 heterocycles. The second-order valence-electron chi connectivity index (χ2n) is 7.83. The molecule has 1 unspecified atom stereocenters. The molecule has 2 aromatic rings. The van der Waals surface area contributed by atoms with Gasteiger partial charge in [-0.3, -0.25) is 9.59 Å². The highest BCUT2D eigenvalue weighted by molar-refractivity contribution is 7.99. The molecule has 0 saturated carbocycles. The molecule has 0 spiro atoms. The summed E-state index contributed by atoms with van der Waals surface area (Å²) in [6.45, 7) is 8.03. The number of carbonyl (C=O) groups excluding carboxylic acids is 2. The molecule has 1 N–H and O–H groups in total. The third-order valence-electron chi connectivity index (χ3n) is 4.75. The van der Waals surface area contributed by atoms with E-state index < -0.39 is 6.04 Å². The topological polar surface area (TPSA) is 49.4 Å². The van der Waals surface area contributed by atoms with Crippen LogP contribution in [-0.2, 0) is 21.9 Å². The summed E-state index contributed by atoms with van der Waals surface area (Å²) in [5.74, 6) is 0.775. The lowest BCUT2D eigenvalue weighted by Crippen LogP contribution is -2.51. The highest BCUT2D eigenvalue weighted by Crippen LogP contribution is 2.24. The van der Waals surface area contributed by atoms with Gasteiger partial charge in [0.25, 0.3) is 0 Å². The summed E-state index contributed by atoms with van der Waals surface area (Å²) in [6, 6.07) is 12.9. The molecule has 1 atom stereocenters. The normalized spacial score (nSPS) is 12.0. The van der Waals surface area contributed by atoms with Gasteiger partial charge < -0.3 is 10.2 Å². The average molecular weight is 481 g/mol. The van der Waals surface area contributed by atoms with Gasteiger partial charge in [-0.15, -0.1) is 11.8 Å². The maximum absolute atomic E-state index is 13.2. The van der Waals surface area contributed by atoms with Crippen LogP contribution in [0.1, 0.15) is 43.9 Å². The van der Waals surface area contributed by atoms with E-state index in [1.807, 2.05) is 26.8 Å². The van der Waals surface area contributed by atoms with Gasteiger partial charge in [0.2, 0.25) is 11.8 Å². The number of hydrogen-bond donors (Lipinski definition) is 1. The highest BCUT2D eigenvalue weighted by atomic mass is 35.5. The Balaban J connectivity index is 2.18. The molecule has 2 amide bonds. The van der Waals surface area contributed by atoms with E-state index in [1.54, 1.807) is 34.9 Å². The molecule has 7 heteroatoms. The van der Waals surface area contributed by atoms with E-state index in [2.05, 4.69) is 30.4 Å². The third kappa shape index (κ3) is 8.06. The first-order chi connectivity index (χ1) is 14.7. The smallest absolute Gasteiger partial charge is 0.243 e. The molecule has 2 aromatic carbocycles. The van der Waals surface area contributed by atoms with Gasteiger partial charge in [-0.05, 0) is 50.5 Å². The first-order valence-corrected chi connectivity index (χ1v) is 12.3. The van der Waals surface area contributed by atoms with E-state index in [-0.39, 0.29) is 30.2 Å². The van der Waals surface area contributed by atoms with Crippen molar-refractivity contribution in [1.82, 2.24) is 10.2 Å². The SMILES string of the molecule is CCC(C(=O)NC(C)C)N(Cc1ccc(Cl)cc1Cl)C(=O)CSCc1cccc(C)c1. The molecule has 0 aliphatic rings. The van der Waals surface area contributed by atoms with Crippen molar-refractivity contribution in [3.8, 4) is 0 Å². The van der Waals surface area contributed by atoms with Crippen LogP contribution in [-0.4, -0.2) is 34.6 Å². The summed E-state index contributed by atoms with van der Waals surface area (Å²) in [7, 11) is 0. The van der Waals surface area contributed by atoms with E-state index in [9.17, 15) is 9.59 Å². The lowest BCUT2D eigenvalue weighted by Gasteiger charge is -2.31. The van der Waals surface area contributed by atoms with E-state index >= 15 is 0 Å². The van der Waals surface area contributed by atoms with Crippen LogP contribution in [0.4, 0.5) is 0 Å². The minimum Gasteiger partial charge on any atom is -0.352 e. The summed E-state index contributed by atoms with van der Waals surface area (Å²) >= 11 is 13.9. The fourth-order valence-corrected chi connectivity index (χ4v) is 4.60. The van der Waals surface area contributed by atoms with Gasteiger partial charge in [-0.25, -0.2) is 0 Å². The Kier molecular flexibility index (Phi) is 10.2. The molecule has 0 saturated heterocycles. The fourth-order valence-electron chi connectivity index (χ4n) is 3.27. The van der Waals surface area contributed by atoms with Crippen LogP contribution in [0.3, 0.4) is 0 Å². The zero-order chi connectivity index (χ0) is 23.0. The van der Waals surface area contributed by atoms with Crippen molar-refractivity contribution in [2.45, 2.75) is 58.5 Å². The molecule has 31 heavy (non-hydrogen) atoms. The first kappa shape index (κ1) is 25.6. The number of rotatable bonds is 10. The predicted molar refractivity (Wildman–Crippen MR) is 132 cm³/mol. The van der Waals surface area contributed by atoms with Crippen molar-refractivity contribution in [3.63, 3.8) is 0 Å². The molecule has 0 aliphatic heterocycles. The highest BCUT2D eigenvalue weighted by Gasteiger charge is 2.29. The number of nitrogens with zero attached hydrogens (tertiary/aromatic N) is 1. The summed E-state index contributed by atoms with van der Waals surface area (Å²) in [5, 5.41) is 3.95. The number of benzene rings is 2. The number of nitrogens with one attached hydrogen (secondary N) is 1. The number of thioether (sulfide) groups is 1. The Labute approximate surface area is 199 Å². The van der Waals surface area contributed by atoms with Gasteiger partial charge in [-0.1, -0.05) is 66.0 Å². The van der Waals surface area contributed by atoms with Gasteiger partial charge in [0, 0.05) is 28.4 Å². The van der Waals surface area contributed by atoms with E-state index in [0.717, 1.165) is 11.3 Å². The molecular weight excluding hydrogens is 451 g/mol. The van der Waals surface area contributed by atoms with Crippen molar-refractivity contribution in [1.29, 1.82) is 0 Å². The van der Waals surface area contributed by atoms with E-state index in [4.69, 9.17) is 23.2 Å². The second-order valence-corrected chi connectivity index (χ2v) is 9.66. The molecule has 0 aliphatic carbocycles. The molecule has 168 valence electrons. The Hall–Kier alpha value is -1.69. The van der Waals surface area contributed by atoms with Crippen LogP contribution >= 0.6 is 35.0 Å². The molecule has 0 aromatic heterocycles. The average Bonchev–Trinajstić information content (AvgIpc) is 2.69. The van der Waals surface area contributed by atoms with Crippen LogP contribution < -0.4 is 5.32 Å². The lowest BCUT2D eigenvalue weighted by atomic mass is 10.1. The zero-order valence-corrected chi connectivity index (χ0v) is 20.8. The minimum absolute atomic E-state index is 0.00619. The van der Waals surface area contributed by atoms with Crippen LogP contribution in [0, 0.1) is 6.92 Å². The number of aryl methyl sites for hydroxylation is 1. The standard InChI is InChI=1S/C24H30Cl2N2O2S/c1-5-22(24(30)27-16(2)3)28(13-19-9-10-20(25)12-21(19)26)23(29)15-31-14-18-8-6-7-17(4)11-18/h6-12,16,22H,5,13-15H2,1-4H3,(H,27,30). The number of carbonyl (C=O) groups is 2. The number of hydrogen-bond acceptors (Lipinski definition) is 3. The number of halogens is 2. The molecule has 0 radical (unpaired) electrons. The largest absolute Gasteiger partial charge is 0.352 e. The molecule has 0 fully saturated rings. The first-order valence-electron chi connectivity index (χ1n) is 10.4. The third-order valence-corrected chi connectivity index (χ3v) is 6.32. The maximum Gasteiger partial charge on any atom is 0.243 e. The fraction of sp³-hybridized carbons (Fsp3) is 0.417. The molecular formula is C24H30Cl2N2O2S. The van der Waals surface area contributed by atoms with Gasteiger partial charge in [0.1, 0.15) is 6.04 Å². The summed E-state index contributed by atoms with van der Waals surface area (Å²) in [5.41, 5.74) is 3.13. The van der Waals surface area contributed by atoms with Crippen molar-refractivity contribution < 1.29 is 9.59 Å². The predicted octanol–water partition coefficient (Wildman–Crippen LogP) is 5.87. The molecule has 0 bridgehead atoms. The minimum atomic E-state index is -0.568. The van der Waals surface area contributed by atoms with E-state index in [1.165, 1.54) is 11.1 Å². The van der Waals surface area contributed by atoms with Crippen molar-refractivity contribution in [2.75, 3.05) is 5.75 Å². The monoisotopic (exact) mass is 480 g/mol. The van der Waals surface area contributed by atoms with Gasteiger partial charge in [-0.2, -0.15) is 0 Å². The Bertz CT molecular complexity index is 905. The zero-order valence-electron chi connectivity index (χ0n) is 18.5. The Morgan fingerprint density at radius 1 is 1.13 bits per heavy atom. The summed E-state index contributed by atoms with van der Waals surface area (Å²) in [6.07, 6.45) is 0.512. The quantitative estimate of drug-likeness (QED) is 0.462. The van der Waals surface area contributed by atoms with Gasteiger partial charge >= 0.3 is 0 Å². The molecule has 4 nitrogen and oxygen atoms in total. The summed E-state index contributed by atoms with van der Waals surface area (Å²) in [4.78, 5) is 27.7. The lowest BCUT2D eigenvalue weighted by molar-refractivity contribution is -0.139. The molecule has 2 rings (SSSR count). The van der Waals surface area contributed by atoms with Crippen LogP contribution in [0.5, 0.6) is 0 Å². The van der Waals surface area contributed by atoms with Gasteiger partial charge in [0.15, 0.2) is 0 Å². The maximum atomic E-state index is 13.2. The summed E-state index contributed by atoms with van der Waals surface area (Å²) < 4.78 is 0.